The van der Waals surface area contributed by atoms with Crippen molar-refractivity contribution < 1.29 is 18.7 Å². The molecule has 2 N–H and O–H groups in total. The van der Waals surface area contributed by atoms with Crippen molar-refractivity contribution >= 4 is 23.2 Å². The molecule has 0 fully saturated rings. The fourth-order valence-corrected chi connectivity index (χ4v) is 2.45. The molecule has 0 atom stereocenters. The summed E-state index contributed by atoms with van der Waals surface area (Å²) < 4.78 is 18.5. The molecule has 0 aliphatic rings. The van der Waals surface area contributed by atoms with Gasteiger partial charge in [0.2, 0.25) is 0 Å². The number of aromatic nitrogens is 1. The summed E-state index contributed by atoms with van der Waals surface area (Å²) in [7, 11) is 0. The van der Waals surface area contributed by atoms with Crippen molar-refractivity contribution in [1.82, 2.24) is 4.98 Å². The van der Waals surface area contributed by atoms with Crippen LogP contribution in [0, 0.1) is 5.82 Å². The molecule has 28 heavy (non-hydrogen) atoms. The highest BCUT2D eigenvalue weighted by Crippen LogP contribution is 2.24. The third-order valence-corrected chi connectivity index (χ3v) is 3.75. The Bertz CT molecular complexity index is 990. The van der Waals surface area contributed by atoms with Gasteiger partial charge in [-0.2, -0.15) is 0 Å². The number of benzene rings is 2. The Kier molecular flexibility index (Phi) is 5.96. The number of carbonyl (C=O) groups excluding carboxylic acids is 2. The minimum absolute atomic E-state index is 0.0649. The molecule has 0 aliphatic heterocycles. The van der Waals surface area contributed by atoms with Gasteiger partial charge in [-0.1, -0.05) is 18.2 Å². The number of pyridine rings is 1. The molecule has 1 aromatic heterocycles. The molecule has 2 amide bonds. The third-order valence-electron chi connectivity index (χ3n) is 3.75. The number of nitrogens with zero attached hydrogens (tertiary/aromatic N) is 1. The number of para-hydroxylation sites is 2. The first-order valence-corrected chi connectivity index (χ1v) is 8.64. The monoisotopic (exact) mass is 379 g/mol. The van der Waals surface area contributed by atoms with E-state index in [1.807, 2.05) is 6.92 Å². The van der Waals surface area contributed by atoms with Crippen LogP contribution in [-0.2, 0) is 0 Å². The Morgan fingerprint density at radius 2 is 1.54 bits per heavy atom. The zero-order valence-electron chi connectivity index (χ0n) is 15.1. The van der Waals surface area contributed by atoms with Crippen molar-refractivity contribution in [3.8, 4) is 5.75 Å². The molecule has 7 heteroatoms. The fourth-order valence-electron chi connectivity index (χ4n) is 2.45. The van der Waals surface area contributed by atoms with Gasteiger partial charge in [0.15, 0.2) is 0 Å². The first-order chi connectivity index (χ1) is 13.6. The van der Waals surface area contributed by atoms with Crippen molar-refractivity contribution in [3.63, 3.8) is 0 Å². The van der Waals surface area contributed by atoms with Gasteiger partial charge in [0, 0.05) is 5.69 Å². The fraction of sp³-hybridized carbons (Fsp3) is 0.0952. The van der Waals surface area contributed by atoms with Crippen LogP contribution in [0.3, 0.4) is 0 Å². The first-order valence-electron chi connectivity index (χ1n) is 8.64. The van der Waals surface area contributed by atoms with E-state index < -0.39 is 17.6 Å². The van der Waals surface area contributed by atoms with E-state index in [-0.39, 0.29) is 11.4 Å². The van der Waals surface area contributed by atoms with E-state index >= 15 is 0 Å². The Balaban J connectivity index is 1.74. The summed E-state index contributed by atoms with van der Waals surface area (Å²) in [5.41, 5.74) is 1.08. The van der Waals surface area contributed by atoms with E-state index in [1.165, 1.54) is 36.4 Å². The standard InChI is InChI=1S/C21H18FN3O3/c1-2-28-19-9-4-3-6-16(19)25-21(27)18-8-5-7-17(24-18)20(26)23-15-12-10-14(22)11-13-15/h3-13H,2H2,1H3,(H,23,26)(H,25,27). The minimum atomic E-state index is -0.504. The lowest BCUT2D eigenvalue weighted by Crippen LogP contribution is -2.18. The topological polar surface area (TPSA) is 80.3 Å². The normalized spacial score (nSPS) is 10.2. The van der Waals surface area contributed by atoms with Crippen molar-refractivity contribution in [2.45, 2.75) is 6.92 Å². The van der Waals surface area contributed by atoms with Crippen LogP contribution in [0.15, 0.2) is 66.7 Å². The van der Waals surface area contributed by atoms with Crippen LogP contribution < -0.4 is 15.4 Å². The van der Waals surface area contributed by atoms with Crippen LogP contribution in [0.5, 0.6) is 5.75 Å². The molecular weight excluding hydrogens is 361 g/mol. The van der Waals surface area contributed by atoms with Gasteiger partial charge in [-0.15, -0.1) is 0 Å². The summed E-state index contributed by atoms with van der Waals surface area (Å²) in [6, 6.07) is 17.0. The molecule has 0 spiro atoms. The molecule has 3 aromatic rings. The Morgan fingerprint density at radius 1 is 0.893 bits per heavy atom. The van der Waals surface area contributed by atoms with E-state index in [2.05, 4.69) is 15.6 Å². The van der Waals surface area contributed by atoms with Gasteiger partial charge in [-0.3, -0.25) is 9.59 Å². The van der Waals surface area contributed by atoms with Crippen molar-refractivity contribution in [2.75, 3.05) is 17.2 Å². The van der Waals surface area contributed by atoms with E-state index in [0.29, 0.717) is 23.7 Å². The largest absolute Gasteiger partial charge is 0.492 e. The number of hydrogen-bond acceptors (Lipinski definition) is 4. The van der Waals surface area contributed by atoms with E-state index in [9.17, 15) is 14.0 Å². The highest BCUT2D eigenvalue weighted by molar-refractivity contribution is 6.06. The van der Waals surface area contributed by atoms with Gasteiger partial charge in [0.05, 0.1) is 12.3 Å². The molecule has 0 radical (unpaired) electrons. The van der Waals surface area contributed by atoms with Gasteiger partial charge >= 0.3 is 0 Å². The second kappa shape index (κ2) is 8.77. The number of ether oxygens (including phenoxy) is 1. The van der Waals surface area contributed by atoms with Crippen LogP contribution in [-0.4, -0.2) is 23.4 Å². The van der Waals surface area contributed by atoms with Crippen LogP contribution in [0.4, 0.5) is 15.8 Å². The third kappa shape index (κ3) is 4.70. The van der Waals surface area contributed by atoms with Gasteiger partial charge < -0.3 is 15.4 Å². The predicted octanol–water partition coefficient (Wildman–Crippen LogP) is 4.12. The van der Waals surface area contributed by atoms with Crippen LogP contribution in [0.2, 0.25) is 0 Å². The van der Waals surface area contributed by atoms with E-state index in [1.54, 1.807) is 30.3 Å². The predicted molar refractivity (Wildman–Crippen MR) is 104 cm³/mol. The second-order valence-electron chi connectivity index (χ2n) is 5.75. The zero-order chi connectivity index (χ0) is 19.9. The lowest BCUT2D eigenvalue weighted by molar-refractivity contribution is 0.101. The number of anilines is 2. The number of halogens is 1. The van der Waals surface area contributed by atoms with Crippen LogP contribution in [0.1, 0.15) is 27.9 Å². The maximum absolute atomic E-state index is 13.0. The highest BCUT2D eigenvalue weighted by Gasteiger charge is 2.14. The molecular formula is C21H18FN3O3. The smallest absolute Gasteiger partial charge is 0.274 e. The van der Waals surface area contributed by atoms with Crippen molar-refractivity contribution in [3.05, 3.63) is 83.9 Å². The molecule has 0 saturated heterocycles. The van der Waals surface area contributed by atoms with Crippen molar-refractivity contribution in [1.29, 1.82) is 0 Å². The number of amides is 2. The summed E-state index contributed by atoms with van der Waals surface area (Å²) in [4.78, 5) is 29.0. The number of nitrogens with one attached hydrogen (secondary N) is 2. The summed E-state index contributed by atoms with van der Waals surface area (Å²) >= 11 is 0. The lowest BCUT2D eigenvalue weighted by atomic mass is 10.2. The van der Waals surface area contributed by atoms with Gasteiger partial charge in [0.25, 0.3) is 11.8 Å². The molecule has 6 nitrogen and oxygen atoms in total. The quantitative estimate of drug-likeness (QED) is 0.675. The second-order valence-corrected chi connectivity index (χ2v) is 5.75. The lowest BCUT2D eigenvalue weighted by Gasteiger charge is -2.11. The summed E-state index contributed by atoms with van der Waals surface area (Å²) in [6.45, 7) is 2.31. The molecule has 1 heterocycles. The Hall–Kier alpha value is -3.74. The first kappa shape index (κ1) is 19.0. The van der Waals surface area contributed by atoms with Crippen LogP contribution >= 0.6 is 0 Å². The highest BCUT2D eigenvalue weighted by atomic mass is 19.1. The summed E-state index contributed by atoms with van der Waals surface area (Å²) in [5.74, 6) is -0.828. The number of hydrogen-bond donors (Lipinski definition) is 2. The Morgan fingerprint density at radius 3 is 2.21 bits per heavy atom. The molecule has 0 aliphatic carbocycles. The van der Waals surface area contributed by atoms with E-state index in [0.717, 1.165) is 0 Å². The summed E-state index contributed by atoms with van der Waals surface area (Å²) in [5, 5.41) is 5.34. The van der Waals surface area contributed by atoms with Gasteiger partial charge in [-0.25, -0.2) is 9.37 Å². The number of carbonyl (C=O) groups is 2. The molecule has 2 aromatic carbocycles. The summed E-state index contributed by atoms with van der Waals surface area (Å²) in [6.07, 6.45) is 0. The van der Waals surface area contributed by atoms with E-state index in [4.69, 9.17) is 4.74 Å². The van der Waals surface area contributed by atoms with Gasteiger partial charge in [0.1, 0.15) is 23.0 Å². The Labute approximate surface area is 161 Å². The van der Waals surface area contributed by atoms with Crippen molar-refractivity contribution in [2.24, 2.45) is 0 Å². The molecule has 142 valence electrons. The molecule has 0 unspecified atom stereocenters. The minimum Gasteiger partial charge on any atom is -0.492 e. The van der Waals surface area contributed by atoms with Gasteiger partial charge in [-0.05, 0) is 55.5 Å². The average Bonchev–Trinajstić information content (AvgIpc) is 2.71. The molecule has 3 rings (SSSR count). The maximum atomic E-state index is 13.0. The molecule has 0 saturated carbocycles. The van der Waals surface area contributed by atoms with Crippen LogP contribution in [0.25, 0.3) is 0 Å². The molecule has 0 bridgehead atoms. The zero-order valence-corrected chi connectivity index (χ0v) is 15.1. The number of rotatable bonds is 6. The average molecular weight is 379 g/mol. The maximum Gasteiger partial charge on any atom is 0.274 e. The SMILES string of the molecule is CCOc1ccccc1NC(=O)c1cccc(C(=O)Nc2ccc(F)cc2)n1.